The lowest BCUT2D eigenvalue weighted by molar-refractivity contribution is 0.199. The van der Waals surface area contributed by atoms with Gasteiger partial charge >= 0.3 is 0 Å². The zero-order chi connectivity index (χ0) is 11.5. The first-order valence-electron chi connectivity index (χ1n) is 4.71. The molecule has 1 N–H and O–H groups in total. The lowest BCUT2D eigenvalue weighted by Crippen LogP contribution is -1.90. The number of benzene rings is 1. The molecular weight excluding hydrogens is 262 g/mol. The van der Waals surface area contributed by atoms with Gasteiger partial charge in [0.15, 0.2) is 4.34 Å². The number of thiazole rings is 1. The number of aromatic nitrogens is 1. The molecule has 0 saturated carbocycles. The molecule has 0 unspecified atom stereocenters. The van der Waals surface area contributed by atoms with Gasteiger partial charge < -0.3 is 5.11 Å². The maximum atomic E-state index is 9.42. The average Bonchev–Trinajstić information content (AvgIpc) is 2.73. The molecule has 2 aromatic rings. The zero-order valence-corrected chi connectivity index (χ0v) is 10.9. The van der Waals surface area contributed by atoms with Crippen molar-refractivity contribution in [3.05, 3.63) is 40.4 Å². The van der Waals surface area contributed by atoms with Crippen LogP contribution in [-0.4, -0.2) is 10.1 Å². The Morgan fingerprint density at radius 2 is 2.31 bits per heavy atom. The highest BCUT2D eigenvalue weighted by atomic mass is 35.5. The van der Waals surface area contributed by atoms with Crippen LogP contribution in [0.25, 0.3) is 0 Å². The van der Waals surface area contributed by atoms with E-state index in [4.69, 9.17) is 11.6 Å². The first-order valence-corrected chi connectivity index (χ1v) is 6.79. The van der Waals surface area contributed by atoms with Gasteiger partial charge in [-0.2, -0.15) is 0 Å². The molecule has 1 aromatic heterocycles. The van der Waals surface area contributed by atoms with E-state index in [1.54, 1.807) is 30.5 Å². The first-order chi connectivity index (χ1) is 7.66. The van der Waals surface area contributed by atoms with Gasteiger partial charge in [-0.25, -0.2) is 4.98 Å². The van der Waals surface area contributed by atoms with Crippen LogP contribution >= 0.6 is 34.7 Å². The SMILES string of the molecule is C[C@@H](O)c1ccc(Sc2nccs2)c(Cl)c1. The van der Waals surface area contributed by atoms with Gasteiger partial charge in [0.1, 0.15) is 0 Å². The molecule has 2 rings (SSSR count). The van der Waals surface area contributed by atoms with Crippen molar-refractivity contribution in [3.63, 3.8) is 0 Å². The van der Waals surface area contributed by atoms with Crippen molar-refractivity contribution in [1.82, 2.24) is 4.98 Å². The lowest BCUT2D eigenvalue weighted by atomic mass is 10.1. The normalized spacial score (nSPS) is 12.7. The Bertz CT molecular complexity index is 471. The van der Waals surface area contributed by atoms with Crippen LogP contribution in [0.5, 0.6) is 0 Å². The highest BCUT2D eigenvalue weighted by Gasteiger charge is 2.08. The summed E-state index contributed by atoms with van der Waals surface area (Å²) in [5.74, 6) is 0. The van der Waals surface area contributed by atoms with E-state index in [1.807, 2.05) is 17.5 Å². The summed E-state index contributed by atoms with van der Waals surface area (Å²) in [6.45, 7) is 1.72. The smallest absolute Gasteiger partial charge is 0.154 e. The molecule has 0 radical (unpaired) electrons. The summed E-state index contributed by atoms with van der Waals surface area (Å²) in [5, 5.41) is 12.0. The largest absolute Gasteiger partial charge is 0.389 e. The van der Waals surface area contributed by atoms with Crippen LogP contribution in [0.1, 0.15) is 18.6 Å². The van der Waals surface area contributed by atoms with E-state index in [0.717, 1.165) is 14.8 Å². The molecule has 0 saturated heterocycles. The van der Waals surface area contributed by atoms with Crippen molar-refractivity contribution in [2.45, 2.75) is 22.3 Å². The van der Waals surface area contributed by atoms with Crippen LogP contribution in [0.4, 0.5) is 0 Å². The van der Waals surface area contributed by atoms with Crippen molar-refractivity contribution in [3.8, 4) is 0 Å². The van der Waals surface area contributed by atoms with Crippen molar-refractivity contribution in [2.75, 3.05) is 0 Å². The number of rotatable bonds is 3. The first kappa shape index (κ1) is 11.9. The van der Waals surface area contributed by atoms with Gasteiger partial charge in [0.05, 0.1) is 11.1 Å². The van der Waals surface area contributed by atoms with E-state index in [2.05, 4.69) is 4.98 Å². The topological polar surface area (TPSA) is 33.1 Å². The number of hydrogen-bond acceptors (Lipinski definition) is 4. The minimum atomic E-state index is -0.489. The molecule has 0 bridgehead atoms. The quantitative estimate of drug-likeness (QED) is 0.916. The summed E-state index contributed by atoms with van der Waals surface area (Å²) < 4.78 is 0.965. The van der Waals surface area contributed by atoms with E-state index < -0.39 is 6.10 Å². The standard InChI is InChI=1S/C11H10ClNOS2/c1-7(14)8-2-3-10(9(12)6-8)16-11-13-4-5-15-11/h2-7,14H,1H3/t7-/m1/s1. The van der Waals surface area contributed by atoms with Gasteiger partial charge in [-0.15, -0.1) is 11.3 Å². The number of aliphatic hydroxyl groups is 1. The number of nitrogens with zero attached hydrogens (tertiary/aromatic N) is 1. The number of hydrogen-bond donors (Lipinski definition) is 1. The zero-order valence-electron chi connectivity index (χ0n) is 8.55. The second-order valence-electron chi connectivity index (χ2n) is 3.27. The molecule has 16 heavy (non-hydrogen) atoms. The molecule has 0 aliphatic carbocycles. The third kappa shape index (κ3) is 2.77. The number of aliphatic hydroxyl groups excluding tert-OH is 1. The van der Waals surface area contributed by atoms with E-state index in [-0.39, 0.29) is 0 Å². The predicted octanol–water partition coefficient (Wildman–Crippen LogP) is 4.00. The van der Waals surface area contributed by atoms with Crippen LogP contribution in [-0.2, 0) is 0 Å². The molecule has 1 heterocycles. The highest BCUT2D eigenvalue weighted by molar-refractivity contribution is 8.01. The second kappa shape index (κ2) is 5.19. The van der Waals surface area contributed by atoms with E-state index in [0.29, 0.717) is 5.02 Å². The fraction of sp³-hybridized carbons (Fsp3) is 0.182. The Balaban J connectivity index is 2.23. The van der Waals surface area contributed by atoms with E-state index >= 15 is 0 Å². The van der Waals surface area contributed by atoms with Crippen LogP contribution in [0.2, 0.25) is 5.02 Å². The van der Waals surface area contributed by atoms with Gasteiger partial charge in [0.2, 0.25) is 0 Å². The Labute approximate surface area is 107 Å². The molecule has 2 nitrogen and oxygen atoms in total. The summed E-state index contributed by atoms with van der Waals surface area (Å²) >= 11 is 9.25. The van der Waals surface area contributed by atoms with Crippen LogP contribution < -0.4 is 0 Å². The molecule has 5 heteroatoms. The molecule has 1 atom stereocenters. The molecule has 0 fully saturated rings. The molecule has 84 valence electrons. The highest BCUT2D eigenvalue weighted by Crippen LogP contribution is 2.35. The molecule has 1 aromatic carbocycles. The Kier molecular flexibility index (Phi) is 3.86. The van der Waals surface area contributed by atoms with Gasteiger partial charge in [-0.3, -0.25) is 0 Å². The van der Waals surface area contributed by atoms with Crippen molar-refractivity contribution in [1.29, 1.82) is 0 Å². The summed E-state index contributed by atoms with van der Waals surface area (Å²) in [4.78, 5) is 5.14. The van der Waals surface area contributed by atoms with Crippen molar-refractivity contribution < 1.29 is 5.11 Å². The van der Waals surface area contributed by atoms with Gasteiger partial charge in [-0.05, 0) is 24.6 Å². The Morgan fingerprint density at radius 1 is 1.50 bits per heavy atom. The summed E-state index contributed by atoms with van der Waals surface area (Å²) in [7, 11) is 0. The fourth-order valence-corrected chi connectivity index (χ4v) is 3.10. The predicted molar refractivity (Wildman–Crippen MR) is 68.3 cm³/mol. The van der Waals surface area contributed by atoms with Crippen molar-refractivity contribution >= 4 is 34.7 Å². The maximum Gasteiger partial charge on any atom is 0.154 e. The van der Waals surface area contributed by atoms with Crippen molar-refractivity contribution in [2.24, 2.45) is 0 Å². The monoisotopic (exact) mass is 271 g/mol. The third-order valence-electron chi connectivity index (χ3n) is 2.05. The maximum absolute atomic E-state index is 9.42. The van der Waals surface area contributed by atoms with E-state index in [9.17, 15) is 5.11 Å². The summed E-state index contributed by atoms with van der Waals surface area (Å²) in [5.41, 5.74) is 0.827. The van der Waals surface area contributed by atoms with Crippen LogP contribution in [0.3, 0.4) is 0 Å². The Hall–Kier alpha value is -0.550. The number of halogens is 1. The molecule has 0 spiro atoms. The minimum Gasteiger partial charge on any atom is -0.389 e. The molecular formula is C11H10ClNOS2. The second-order valence-corrected chi connectivity index (χ2v) is 5.86. The molecule has 0 amide bonds. The average molecular weight is 272 g/mol. The third-order valence-corrected chi connectivity index (χ3v) is 4.43. The fourth-order valence-electron chi connectivity index (χ4n) is 1.21. The Morgan fingerprint density at radius 3 is 2.88 bits per heavy atom. The van der Waals surface area contributed by atoms with Crippen LogP contribution in [0.15, 0.2) is 39.0 Å². The van der Waals surface area contributed by atoms with Gasteiger partial charge in [0.25, 0.3) is 0 Å². The van der Waals surface area contributed by atoms with Gasteiger partial charge in [-0.1, -0.05) is 29.4 Å². The molecule has 0 aliphatic rings. The summed E-state index contributed by atoms with van der Waals surface area (Å²) in [6.07, 6.45) is 1.28. The minimum absolute atomic E-state index is 0.489. The lowest BCUT2D eigenvalue weighted by Gasteiger charge is -2.07. The van der Waals surface area contributed by atoms with E-state index in [1.165, 1.54) is 11.8 Å². The van der Waals surface area contributed by atoms with Gasteiger partial charge in [0, 0.05) is 16.5 Å². The molecule has 0 aliphatic heterocycles. The van der Waals surface area contributed by atoms with Crippen LogP contribution in [0, 0.1) is 0 Å². The summed E-state index contributed by atoms with van der Waals surface area (Å²) in [6, 6.07) is 5.59.